The van der Waals surface area contributed by atoms with Crippen molar-refractivity contribution in [1.82, 2.24) is 10.6 Å². The minimum atomic E-state index is -0.287. The molecule has 4 nitrogen and oxygen atoms in total. The average Bonchev–Trinajstić information content (AvgIpc) is 2.39. The summed E-state index contributed by atoms with van der Waals surface area (Å²) in [5.74, 6) is 0.169. The van der Waals surface area contributed by atoms with Gasteiger partial charge in [-0.05, 0) is 32.2 Å². The third-order valence-electron chi connectivity index (χ3n) is 5.15. The molecule has 0 aromatic carbocycles. The van der Waals surface area contributed by atoms with Crippen LogP contribution in [0.2, 0.25) is 0 Å². The maximum Gasteiger partial charge on any atom is 0.227 e. The Hall–Kier alpha value is -0.610. The third-order valence-corrected chi connectivity index (χ3v) is 5.15. The smallest absolute Gasteiger partial charge is 0.227 e. The molecule has 1 saturated carbocycles. The van der Waals surface area contributed by atoms with Crippen molar-refractivity contribution in [3.8, 4) is 0 Å². The van der Waals surface area contributed by atoms with Crippen LogP contribution >= 0.6 is 0 Å². The van der Waals surface area contributed by atoms with E-state index in [9.17, 15) is 9.90 Å². The lowest BCUT2D eigenvalue weighted by Crippen LogP contribution is -2.64. The number of carbonyl (C=O) groups is 1. The van der Waals surface area contributed by atoms with E-state index in [4.69, 9.17) is 0 Å². The zero-order valence-corrected chi connectivity index (χ0v) is 11.8. The molecule has 3 atom stereocenters. The van der Waals surface area contributed by atoms with Gasteiger partial charge in [0.25, 0.3) is 0 Å². The van der Waals surface area contributed by atoms with Crippen molar-refractivity contribution in [3.63, 3.8) is 0 Å². The highest BCUT2D eigenvalue weighted by molar-refractivity contribution is 5.83. The molecule has 1 heterocycles. The Morgan fingerprint density at radius 3 is 2.67 bits per heavy atom. The predicted molar refractivity (Wildman–Crippen MR) is 71.2 cm³/mol. The largest absolute Gasteiger partial charge is 0.392 e. The van der Waals surface area contributed by atoms with Crippen molar-refractivity contribution >= 4 is 5.91 Å². The van der Waals surface area contributed by atoms with Crippen molar-refractivity contribution in [2.45, 2.75) is 58.6 Å². The molecule has 1 aliphatic heterocycles. The molecule has 2 rings (SSSR count). The van der Waals surface area contributed by atoms with Gasteiger partial charge in [0.15, 0.2) is 0 Å². The summed E-state index contributed by atoms with van der Waals surface area (Å²) in [6.45, 7) is 7.93. The summed E-state index contributed by atoms with van der Waals surface area (Å²) in [6, 6.07) is 0.116. The van der Waals surface area contributed by atoms with Gasteiger partial charge in [-0.1, -0.05) is 20.8 Å². The van der Waals surface area contributed by atoms with Crippen LogP contribution < -0.4 is 10.6 Å². The van der Waals surface area contributed by atoms with Crippen LogP contribution in [-0.4, -0.2) is 36.2 Å². The van der Waals surface area contributed by atoms with E-state index in [1.165, 1.54) is 0 Å². The summed E-state index contributed by atoms with van der Waals surface area (Å²) in [5.41, 5.74) is -0.429. The van der Waals surface area contributed by atoms with Crippen molar-refractivity contribution in [1.29, 1.82) is 0 Å². The molecule has 4 heteroatoms. The number of rotatable bonds is 3. The Morgan fingerprint density at radius 1 is 1.50 bits per heavy atom. The zero-order valence-electron chi connectivity index (χ0n) is 11.8. The number of hydrogen-bond donors (Lipinski definition) is 3. The van der Waals surface area contributed by atoms with Gasteiger partial charge in [0.2, 0.25) is 5.91 Å². The van der Waals surface area contributed by atoms with Crippen LogP contribution in [-0.2, 0) is 4.79 Å². The molecule has 18 heavy (non-hydrogen) atoms. The van der Waals surface area contributed by atoms with Crippen LogP contribution in [0.1, 0.15) is 46.5 Å². The average molecular weight is 254 g/mol. The maximum atomic E-state index is 12.5. The second-order valence-electron chi connectivity index (χ2n) is 6.51. The van der Waals surface area contributed by atoms with Gasteiger partial charge in [-0.3, -0.25) is 4.79 Å². The molecule has 0 bridgehead atoms. The van der Waals surface area contributed by atoms with Crippen LogP contribution in [0.3, 0.4) is 0 Å². The lowest BCUT2D eigenvalue weighted by molar-refractivity contribution is -0.140. The van der Waals surface area contributed by atoms with E-state index in [0.717, 1.165) is 32.4 Å². The first-order valence-corrected chi connectivity index (χ1v) is 7.12. The fraction of sp³-hybridized carbons (Fsp3) is 0.929. The number of piperidine rings is 1. The number of aliphatic hydroxyl groups excluding tert-OH is 1. The zero-order chi connectivity index (χ0) is 13.4. The number of amides is 1. The first-order valence-electron chi connectivity index (χ1n) is 7.12. The normalized spacial score (nSPS) is 38.9. The van der Waals surface area contributed by atoms with Gasteiger partial charge < -0.3 is 15.7 Å². The molecule has 2 aliphatic rings. The lowest BCUT2D eigenvalue weighted by Gasteiger charge is -2.50. The first kappa shape index (κ1) is 13.8. The molecule has 0 aromatic heterocycles. The molecular weight excluding hydrogens is 228 g/mol. The fourth-order valence-electron chi connectivity index (χ4n) is 3.08. The van der Waals surface area contributed by atoms with Gasteiger partial charge >= 0.3 is 0 Å². The topological polar surface area (TPSA) is 61.4 Å². The number of aliphatic hydroxyl groups is 1. The van der Waals surface area contributed by atoms with E-state index in [0.29, 0.717) is 6.42 Å². The molecule has 2 fully saturated rings. The quantitative estimate of drug-likeness (QED) is 0.705. The summed E-state index contributed by atoms with van der Waals surface area (Å²) in [5, 5.41) is 16.2. The fourth-order valence-corrected chi connectivity index (χ4v) is 3.08. The highest BCUT2D eigenvalue weighted by atomic mass is 16.3. The molecule has 1 aliphatic carbocycles. The molecule has 3 N–H and O–H groups in total. The number of carbonyl (C=O) groups excluding carboxylic acids is 1. The Balaban J connectivity index is 1.99. The first-order chi connectivity index (χ1) is 8.42. The summed E-state index contributed by atoms with van der Waals surface area (Å²) >= 11 is 0. The van der Waals surface area contributed by atoms with Crippen LogP contribution in [0.4, 0.5) is 0 Å². The van der Waals surface area contributed by atoms with Crippen LogP contribution in [0, 0.1) is 10.8 Å². The van der Waals surface area contributed by atoms with Crippen LogP contribution in [0.15, 0.2) is 0 Å². The van der Waals surface area contributed by atoms with Crippen LogP contribution in [0.25, 0.3) is 0 Å². The number of hydrogen-bond acceptors (Lipinski definition) is 3. The van der Waals surface area contributed by atoms with Gasteiger partial charge in [0.1, 0.15) is 0 Å². The van der Waals surface area contributed by atoms with Gasteiger partial charge in [-0.25, -0.2) is 0 Å². The molecule has 0 spiro atoms. The summed E-state index contributed by atoms with van der Waals surface area (Å²) in [4.78, 5) is 12.5. The van der Waals surface area contributed by atoms with Crippen LogP contribution in [0.5, 0.6) is 0 Å². The molecule has 0 radical (unpaired) electrons. The monoisotopic (exact) mass is 254 g/mol. The molecule has 0 aromatic rings. The molecule has 3 unspecified atom stereocenters. The highest BCUT2D eigenvalue weighted by Crippen LogP contribution is 2.41. The predicted octanol–water partition coefficient (Wildman–Crippen LogP) is 1.04. The minimum Gasteiger partial charge on any atom is -0.392 e. The summed E-state index contributed by atoms with van der Waals surface area (Å²) in [7, 11) is 0. The molecule has 1 amide bonds. The van der Waals surface area contributed by atoms with E-state index in [2.05, 4.69) is 17.6 Å². The molecule has 1 saturated heterocycles. The minimum absolute atomic E-state index is 0.116. The summed E-state index contributed by atoms with van der Waals surface area (Å²) in [6.07, 6.45) is 3.31. The second kappa shape index (κ2) is 4.82. The third kappa shape index (κ3) is 2.16. The summed E-state index contributed by atoms with van der Waals surface area (Å²) < 4.78 is 0. The molecule has 104 valence electrons. The Bertz CT molecular complexity index is 322. The van der Waals surface area contributed by atoms with Gasteiger partial charge in [0, 0.05) is 18.0 Å². The maximum absolute atomic E-state index is 12.5. The van der Waals surface area contributed by atoms with E-state index < -0.39 is 0 Å². The van der Waals surface area contributed by atoms with E-state index in [1.807, 2.05) is 13.8 Å². The highest BCUT2D eigenvalue weighted by Gasteiger charge is 2.50. The van der Waals surface area contributed by atoms with Gasteiger partial charge in [0.05, 0.1) is 11.5 Å². The van der Waals surface area contributed by atoms with Crippen molar-refractivity contribution in [3.05, 3.63) is 0 Å². The SMILES string of the molecule is CCC1(C(=O)NC2CC(O)C2(C)C)CCCNC1. The van der Waals surface area contributed by atoms with Gasteiger partial charge in [-0.15, -0.1) is 0 Å². The van der Waals surface area contributed by atoms with Crippen molar-refractivity contribution in [2.75, 3.05) is 13.1 Å². The molecular formula is C14H26N2O2. The van der Waals surface area contributed by atoms with Crippen molar-refractivity contribution in [2.24, 2.45) is 10.8 Å². The van der Waals surface area contributed by atoms with E-state index in [1.54, 1.807) is 0 Å². The lowest BCUT2D eigenvalue weighted by atomic mass is 9.64. The van der Waals surface area contributed by atoms with Gasteiger partial charge in [-0.2, -0.15) is 0 Å². The second-order valence-corrected chi connectivity index (χ2v) is 6.51. The van der Waals surface area contributed by atoms with E-state index in [-0.39, 0.29) is 28.9 Å². The standard InChI is InChI=1S/C14H26N2O2/c1-4-14(6-5-7-15-9-14)12(18)16-10-8-11(17)13(10,2)3/h10-11,15,17H,4-9H2,1-3H3,(H,16,18). The Kier molecular flexibility index (Phi) is 3.70. The Morgan fingerprint density at radius 2 is 2.22 bits per heavy atom. The Labute approximate surface area is 110 Å². The number of nitrogens with one attached hydrogen (secondary N) is 2. The van der Waals surface area contributed by atoms with E-state index >= 15 is 0 Å². The van der Waals surface area contributed by atoms with Crippen molar-refractivity contribution < 1.29 is 9.90 Å².